The molecule has 26 heavy (non-hydrogen) atoms. The van der Waals surface area contributed by atoms with E-state index in [2.05, 4.69) is 64.7 Å². The van der Waals surface area contributed by atoms with Crippen molar-refractivity contribution in [3.05, 3.63) is 35.9 Å². The van der Waals surface area contributed by atoms with Gasteiger partial charge in [0.1, 0.15) is 0 Å². The Morgan fingerprint density at radius 2 is 2.08 bits per heavy atom. The highest BCUT2D eigenvalue weighted by Gasteiger charge is 2.27. The van der Waals surface area contributed by atoms with E-state index in [-0.39, 0.29) is 11.8 Å². The fourth-order valence-electron chi connectivity index (χ4n) is 4.22. The van der Waals surface area contributed by atoms with Gasteiger partial charge in [-0.05, 0) is 45.3 Å². The van der Waals surface area contributed by atoms with Gasteiger partial charge in [0.05, 0.1) is 0 Å². The van der Waals surface area contributed by atoms with Crippen molar-refractivity contribution < 1.29 is 4.79 Å². The molecule has 1 aromatic carbocycles. The molecule has 0 saturated carbocycles. The van der Waals surface area contributed by atoms with Crippen LogP contribution < -0.4 is 10.6 Å². The molecule has 2 aliphatic heterocycles. The van der Waals surface area contributed by atoms with Gasteiger partial charge in [0.2, 0.25) is 5.91 Å². The molecule has 1 aromatic rings. The van der Waals surface area contributed by atoms with Crippen LogP contribution in [0.25, 0.3) is 0 Å². The monoisotopic (exact) mass is 358 g/mol. The molecule has 2 aliphatic rings. The summed E-state index contributed by atoms with van der Waals surface area (Å²) in [5, 5.41) is 6.58. The van der Waals surface area contributed by atoms with E-state index >= 15 is 0 Å². The van der Waals surface area contributed by atoms with Crippen molar-refractivity contribution in [2.24, 2.45) is 5.92 Å². The first-order valence-corrected chi connectivity index (χ1v) is 10.1. The van der Waals surface area contributed by atoms with Gasteiger partial charge in [-0.15, -0.1) is 0 Å². The van der Waals surface area contributed by atoms with Crippen LogP contribution >= 0.6 is 0 Å². The number of likely N-dealkylation sites (N-methyl/N-ethyl adjacent to an activating group) is 1. The number of nitrogens with zero attached hydrogens (tertiary/aromatic N) is 2. The van der Waals surface area contributed by atoms with Crippen LogP contribution in [0.4, 0.5) is 0 Å². The third-order valence-electron chi connectivity index (χ3n) is 5.79. The summed E-state index contributed by atoms with van der Waals surface area (Å²) in [4.78, 5) is 17.4. The van der Waals surface area contributed by atoms with Crippen LogP contribution in [0.1, 0.15) is 37.8 Å². The molecule has 2 N–H and O–H groups in total. The number of piperidine rings is 1. The summed E-state index contributed by atoms with van der Waals surface area (Å²) in [5.41, 5.74) is 1.40. The zero-order valence-corrected chi connectivity index (χ0v) is 16.3. The maximum Gasteiger partial charge on any atom is 0.223 e. The fraction of sp³-hybridized carbons (Fsp3) is 0.667. The lowest BCUT2D eigenvalue weighted by Crippen LogP contribution is -2.47. The van der Waals surface area contributed by atoms with Crippen molar-refractivity contribution >= 4 is 5.91 Å². The predicted molar refractivity (Wildman–Crippen MR) is 106 cm³/mol. The summed E-state index contributed by atoms with van der Waals surface area (Å²) in [6, 6.07) is 11.7. The van der Waals surface area contributed by atoms with Crippen LogP contribution in [0.2, 0.25) is 0 Å². The minimum absolute atomic E-state index is 0.187. The zero-order chi connectivity index (χ0) is 18.4. The first kappa shape index (κ1) is 19.3. The minimum Gasteiger partial charge on any atom is -0.356 e. The molecule has 0 aromatic heterocycles. The van der Waals surface area contributed by atoms with Crippen LogP contribution in [0.15, 0.2) is 30.3 Å². The second kappa shape index (κ2) is 9.49. The van der Waals surface area contributed by atoms with Crippen molar-refractivity contribution in [3.8, 4) is 0 Å². The number of hydrogen-bond acceptors (Lipinski definition) is 4. The van der Waals surface area contributed by atoms with Gasteiger partial charge >= 0.3 is 0 Å². The van der Waals surface area contributed by atoms with E-state index in [9.17, 15) is 4.79 Å². The Morgan fingerprint density at radius 1 is 1.27 bits per heavy atom. The van der Waals surface area contributed by atoms with Crippen LogP contribution in [0.3, 0.4) is 0 Å². The standard InChI is InChI=1S/C21H34N4O/c1-17-15-19(9-11-22-17)21(26)23-10-6-12-25-14-13-24(2)16-20(25)18-7-4-3-5-8-18/h3-5,7-8,17,19-20,22H,6,9-16H2,1-2H3,(H,23,26)/t17-,19-,20?/m0/s1. The summed E-state index contributed by atoms with van der Waals surface area (Å²) in [5.74, 6) is 0.434. The smallest absolute Gasteiger partial charge is 0.223 e. The van der Waals surface area contributed by atoms with E-state index in [4.69, 9.17) is 0 Å². The molecule has 0 radical (unpaired) electrons. The molecule has 1 amide bonds. The van der Waals surface area contributed by atoms with Crippen molar-refractivity contribution in [2.75, 3.05) is 46.3 Å². The molecule has 3 rings (SSSR count). The van der Waals surface area contributed by atoms with E-state index in [0.717, 1.165) is 58.5 Å². The Kier molecular flexibility index (Phi) is 7.06. The van der Waals surface area contributed by atoms with Gasteiger partial charge in [-0.25, -0.2) is 0 Å². The molecule has 2 saturated heterocycles. The number of hydrogen-bond donors (Lipinski definition) is 2. The largest absolute Gasteiger partial charge is 0.356 e. The second-order valence-electron chi connectivity index (χ2n) is 7.95. The molecule has 1 unspecified atom stereocenters. The molecule has 5 nitrogen and oxygen atoms in total. The average Bonchev–Trinajstić information content (AvgIpc) is 2.66. The quantitative estimate of drug-likeness (QED) is 0.762. The van der Waals surface area contributed by atoms with Crippen molar-refractivity contribution in [1.29, 1.82) is 0 Å². The third kappa shape index (κ3) is 5.29. The summed E-state index contributed by atoms with van der Waals surface area (Å²) in [7, 11) is 2.20. The Labute approximate surface area is 158 Å². The van der Waals surface area contributed by atoms with E-state index in [1.54, 1.807) is 0 Å². The number of nitrogens with one attached hydrogen (secondary N) is 2. The Balaban J connectivity index is 1.45. The van der Waals surface area contributed by atoms with Gasteiger partial charge in [-0.3, -0.25) is 9.69 Å². The van der Waals surface area contributed by atoms with Crippen LogP contribution in [0.5, 0.6) is 0 Å². The molecular weight excluding hydrogens is 324 g/mol. The fourth-order valence-corrected chi connectivity index (χ4v) is 4.22. The number of piperazine rings is 1. The van der Waals surface area contributed by atoms with Crippen LogP contribution in [-0.2, 0) is 4.79 Å². The highest BCUT2D eigenvalue weighted by molar-refractivity contribution is 5.78. The van der Waals surface area contributed by atoms with Crippen molar-refractivity contribution in [2.45, 2.75) is 38.3 Å². The van der Waals surface area contributed by atoms with E-state index in [0.29, 0.717) is 12.1 Å². The number of carbonyl (C=O) groups excluding carboxylic acids is 1. The SMILES string of the molecule is C[C@H]1C[C@@H](C(=O)NCCCN2CCN(C)CC2c2ccccc2)CCN1. The molecule has 144 valence electrons. The Morgan fingerprint density at radius 3 is 2.85 bits per heavy atom. The maximum absolute atomic E-state index is 12.4. The lowest BCUT2D eigenvalue weighted by molar-refractivity contribution is -0.126. The molecule has 0 aliphatic carbocycles. The molecule has 2 fully saturated rings. The van der Waals surface area contributed by atoms with Gasteiger partial charge in [0, 0.05) is 50.7 Å². The molecule has 2 heterocycles. The summed E-state index contributed by atoms with van der Waals surface area (Å²) < 4.78 is 0. The number of carbonyl (C=O) groups is 1. The lowest BCUT2D eigenvalue weighted by Gasteiger charge is -2.40. The third-order valence-corrected chi connectivity index (χ3v) is 5.79. The molecule has 3 atom stereocenters. The van der Waals surface area contributed by atoms with E-state index in [1.165, 1.54) is 5.56 Å². The van der Waals surface area contributed by atoms with Gasteiger partial charge in [0.25, 0.3) is 0 Å². The van der Waals surface area contributed by atoms with Crippen LogP contribution in [0, 0.1) is 5.92 Å². The molecule has 5 heteroatoms. The second-order valence-corrected chi connectivity index (χ2v) is 7.95. The Bertz CT molecular complexity index is 564. The number of rotatable bonds is 6. The van der Waals surface area contributed by atoms with Crippen molar-refractivity contribution in [3.63, 3.8) is 0 Å². The molecule has 0 spiro atoms. The highest BCUT2D eigenvalue weighted by Crippen LogP contribution is 2.24. The first-order valence-electron chi connectivity index (χ1n) is 10.1. The van der Waals surface area contributed by atoms with E-state index < -0.39 is 0 Å². The molecular formula is C21H34N4O. The van der Waals surface area contributed by atoms with Gasteiger partial charge in [-0.2, -0.15) is 0 Å². The lowest BCUT2D eigenvalue weighted by atomic mass is 9.92. The number of amides is 1. The Hall–Kier alpha value is -1.43. The summed E-state index contributed by atoms with van der Waals surface area (Å²) >= 11 is 0. The van der Waals surface area contributed by atoms with Crippen molar-refractivity contribution in [1.82, 2.24) is 20.4 Å². The summed E-state index contributed by atoms with van der Waals surface area (Å²) in [6.07, 6.45) is 2.93. The minimum atomic E-state index is 0.187. The average molecular weight is 359 g/mol. The zero-order valence-electron chi connectivity index (χ0n) is 16.3. The predicted octanol–water partition coefficient (Wildman–Crippen LogP) is 1.87. The highest BCUT2D eigenvalue weighted by atomic mass is 16.1. The van der Waals surface area contributed by atoms with E-state index in [1.807, 2.05) is 0 Å². The molecule has 0 bridgehead atoms. The summed E-state index contributed by atoms with van der Waals surface area (Å²) in [6.45, 7) is 8.22. The van der Waals surface area contributed by atoms with Gasteiger partial charge in [-0.1, -0.05) is 30.3 Å². The van der Waals surface area contributed by atoms with Gasteiger partial charge < -0.3 is 15.5 Å². The first-order chi connectivity index (χ1) is 12.6. The maximum atomic E-state index is 12.4. The van der Waals surface area contributed by atoms with Crippen LogP contribution in [-0.4, -0.2) is 68.1 Å². The van der Waals surface area contributed by atoms with Gasteiger partial charge in [0.15, 0.2) is 0 Å². The normalized spacial score (nSPS) is 28.0. The topological polar surface area (TPSA) is 47.6 Å². The number of benzene rings is 1.